The molecule has 1 aromatic heterocycles. The number of aryl methyl sites for hydroxylation is 1. The van der Waals surface area contributed by atoms with Gasteiger partial charge in [-0.1, -0.05) is 48.0 Å². The van der Waals surface area contributed by atoms with Gasteiger partial charge in [0.2, 0.25) is 0 Å². The second kappa shape index (κ2) is 4.43. The molecule has 0 aliphatic heterocycles. The van der Waals surface area contributed by atoms with E-state index in [2.05, 4.69) is 66.5 Å². The van der Waals surface area contributed by atoms with E-state index in [1.807, 2.05) is 5.51 Å². The molecule has 0 saturated heterocycles. The van der Waals surface area contributed by atoms with Crippen LogP contribution < -0.4 is 0 Å². The highest BCUT2D eigenvalue weighted by atomic mass is 32.1. The van der Waals surface area contributed by atoms with Crippen LogP contribution in [0.3, 0.4) is 0 Å². The van der Waals surface area contributed by atoms with Crippen LogP contribution in [0.5, 0.6) is 0 Å². The summed E-state index contributed by atoms with van der Waals surface area (Å²) in [4.78, 5) is 4.38. The molecule has 0 aliphatic carbocycles. The van der Waals surface area contributed by atoms with E-state index in [0.717, 1.165) is 5.52 Å². The lowest BCUT2D eigenvalue weighted by Crippen LogP contribution is -1.80. The van der Waals surface area contributed by atoms with E-state index in [1.54, 1.807) is 11.3 Å². The van der Waals surface area contributed by atoms with Gasteiger partial charge in [0.1, 0.15) is 0 Å². The Hall–Kier alpha value is -2.19. The molecule has 0 atom stereocenters. The number of rotatable bonds is 1. The van der Waals surface area contributed by atoms with Crippen LogP contribution in [0, 0.1) is 6.92 Å². The van der Waals surface area contributed by atoms with Crippen molar-refractivity contribution in [3.63, 3.8) is 0 Å². The van der Waals surface area contributed by atoms with Gasteiger partial charge in [-0.25, -0.2) is 4.98 Å². The zero-order chi connectivity index (χ0) is 13.5. The molecule has 3 aromatic carbocycles. The van der Waals surface area contributed by atoms with Gasteiger partial charge in [0.15, 0.2) is 0 Å². The topological polar surface area (TPSA) is 12.9 Å². The minimum atomic E-state index is 1.09. The largest absolute Gasteiger partial charge is 0.245 e. The second-order valence-corrected chi connectivity index (χ2v) is 5.92. The number of hydrogen-bond donors (Lipinski definition) is 0. The lowest BCUT2D eigenvalue weighted by molar-refractivity contribution is 1.47. The smallest absolute Gasteiger partial charge is 0.0818 e. The zero-order valence-corrected chi connectivity index (χ0v) is 11.9. The first-order valence-corrected chi connectivity index (χ1v) is 7.52. The lowest BCUT2D eigenvalue weighted by atomic mass is 10.0. The summed E-state index contributed by atoms with van der Waals surface area (Å²) in [5, 5.41) is 2.57. The maximum atomic E-state index is 4.38. The lowest BCUT2D eigenvalue weighted by Gasteiger charge is -2.05. The molecular formula is C18H13NS. The maximum absolute atomic E-state index is 4.38. The summed E-state index contributed by atoms with van der Waals surface area (Å²) in [6.45, 7) is 2.12. The monoisotopic (exact) mass is 275 g/mol. The van der Waals surface area contributed by atoms with Crippen molar-refractivity contribution < 1.29 is 0 Å². The molecule has 1 nitrogen and oxygen atoms in total. The van der Waals surface area contributed by atoms with Gasteiger partial charge in [0, 0.05) is 5.39 Å². The van der Waals surface area contributed by atoms with Gasteiger partial charge in [-0.2, -0.15) is 0 Å². The fraction of sp³-hybridized carbons (Fsp3) is 0.0556. The molecule has 0 amide bonds. The van der Waals surface area contributed by atoms with Gasteiger partial charge < -0.3 is 0 Å². The Morgan fingerprint density at radius 1 is 0.850 bits per heavy atom. The summed E-state index contributed by atoms with van der Waals surface area (Å²) >= 11 is 1.71. The second-order valence-electron chi connectivity index (χ2n) is 5.07. The number of aromatic nitrogens is 1. The fourth-order valence-electron chi connectivity index (χ4n) is 2.58. The Balaban J connectivity index is 1.94. The maximum Gasteiger partial charge on any atom is 0.0818 e. The number of fused-ring (bicyclic) bond motifs is 3. The van der Waals surface area contributed by atoms with Crippen molar-refractivity contribution in [2.24, 2.45) is 0 Å². The molecule has 0 spiro atoms. The normalized spacial score (nSPS) is 11.2. The van der Waals surface area contributed by atoms with E-state index >= 15 is 0 Å². The van der Waals surface area contributed by atoms with Crippen LogP contribution in [-0.2, 0) is 0 Å². The Labute approximate surface area is 121 Å². The molecule has 2 heteroatoms. The molecule has 0 unspecified atom stereocenters. The van der Waals surface area contributed by atoms with Gasteiger partial charge in [0.25, 0.3) is 0 Å². The third-order valence-corrected chi connectivity index (χ3v) is 4.57. The molecule has 96 valence electrons. The molecule has 4 aromatic rings. The SMILES string of the molecule is Cc1ccc(-c2ccc3c(ccc4ncsc43)c2)cc1. The Kier molecular flexibility index (Phi) is 2.57. The van der Waals surface area contributed by atoms with Crippen LogP contribution in [-0.4, -0.2) is 4.98 Å². The molecular weight excluding hydrogens is 262 g/mol. The average molecular weight is 275 g/mol. The Morgan fingerprint density at radius 2 is 1.65 bits per heavy atom. The molecule has 0 N–H and O–H groups in total. The average Bonchev–Trinajstić information content (AvgIpc) is 2.96. The highest BCUT2D eigenvalue weighted by Crippen LogP contribution is 2.31. The number of hydrogen-bond acceptors (Lipinski definition) is 2. The van der Waals surface area contributed by atoms with Crippen LogP contribution in [0.25, 0.3) is 32.1 Å². The van der Waals surface area contributed by atoms with Crippen molar-refractivity contribution in [3.8, 4) is 11.1 Å². The minimum Gasteiger partial charge on any atom is -0.245 e. The van der Waals surface area contributed by atoms with Gasteiger partial charge in [-0.3, -0.25) is 0 Å². The minimum absolute atomic E-state index is 1.09. The van der Waals surface area contributed by atoms with Crippen LogP contribution in [0.1, 0.15) is 5.56 Å². The molecule has 0 fully saturated rings. The number of thiazole rings is 1. The molecule has 0 bridgehead atoms. The number of nitrogens with zero attached hydrogens (tertiary/aromatic N) is 1. The van der Waals surface area contributed by atoms with E-state index in [-0.39, 0.29) is 0 Å². The molecule has 4 rings (SSSR count). The summed E-state index contributed by atoms with van der Waals surface area (Å²) < 4.78 is 1.28. The number of benzene rings is 3. The first kappa shape index (κ1) is 11.6. The first-order chi connectivity index (χ1) is 9.81. The summed E-state index contributed by atoms with van der Waals surface area (Å²) in [5.74, 6) is 0. The third-order valence-electron chi connectivity index (χ3n) is 3.70. The summed E-state index contributed by atoms with van der Waals surface area (Å²) in [6, 6.07) is 19.6. The van der Waals surface area contributed by atoms with E-state index in [1.165, 1.54) is 32.2 Å². The highest BCUT2D eigenvalue weighted by molar-refractivity contribution is 7.17. The molecule has 0 radical (unpaired) electrons. The van der Waals surface area contributed by atoms with E-state index in [4.69, 9.17) is 0 Å². The molecule has 0 saturated carbocycles. The third kappa shape index (κ3) is 1.81. The van der Waals surface area contributed by atoms with Crippen LogP contribution in [0.2, 0.25) is 0 Å². The zero-order valence-electron chi connectivity index (χ0n) is 11.1. The van der Waals surface area contributed by atoms with Crippen molar-refractivity contribution in [2.75, 3.05) is 0 Å². The summed E-state index contributed by atoms with van der Waals surface area (Å²) in [7, 11) is 0. The van der Waals surface area contributed by atoms with Crippen molar-refractivity contribution in [2.45, 2.75) is 6.92 Å². The van der Waals surface area contributed by atoms with E-state index < -0.39 is 0 Å². The van der Waals surface area contributed by atoms with Gasteiger partial charge in [-0.05, 0) is 35.6 Å². The molecule has 0 aliphatic rings. The predicted octanol–water partition coefficient (Wildman–Crippen LogP) is 5.42. The van der Waals surface area contributed by atoms with Gasteiger partial charge in [0.05, 0.1) is 15.7 Å². The van der Waals surface area contributed by atoms with Crippen molar-refractivity contribution in [1.82, 2.24) is 4.98 Å². The van der Waals surface area contributed by atoms with Gasteiger partial charge >= 0.3 is 0 Å². The van der Waals surface area contributed by atoms with Crippen molar-refractivity contribution >= 4 is 32.3 Å². The Morgan fingerprint density at radius 3 is 2.50 bits per heavy atom. The van der Waals surface area contributed by atoms with Crippen molar-refractivity contribution in [3.05, 3.63) is 65.7 Å². The predicted molar refractivity (Wildman–Crippen MR) is 87.3 cm³/mol. The summed E-state index contributed by atoms with van der Waals surface area (Å²) in [5.41, 5.74) is 6.83. The summed E-state index contributed by atoms with van der Waals surface area (Å²) in [6.07, 6.45) is 0. The Bertz CT molecular complexity index is 904. The van der Waals surface area contributed by atoms with Crippen molar-refractivity contribution in [1.29, 1.82) is 0 Å². The van der Waals surface area contributed by atoms with Gasteiger partial charge in [-0.15, -0.1) is 11.3 Å². The molecule has 1 heterocycles. The van der Waals surface area contributed by atoms with E-state index in [9.17, 15) is 0 Å². The van der Waals surface area contributed by atoms with Crippen LogP contribution >= 0.6 is 11.3 Å². The fourth-order valence-corrected chi connectivity index (χ4v) is 3.40. The molecule has 20 heavy (non-hydrogen) atoms. The quantitative estimate of drug-likeness (QED) is 0.451. The standard InChI is InChI=1S/C18H13NS/c1-12-2-4-13(5-3-12)14-6-8-16-15(10-14)7-9-17-18(16)20-11-19-17/h2-11H,1H3. The first-order valence-electron chi connectivity index (χ1n) is 6.64. The highest BCUT2D eigenvalue weighted by Gasteiger charge is 2.04. The van der Waals surface area contributed by atoms with E-state index in [0.29, 0.717) is 0 Å². The van der Waals surface area contributed by atoms with Crippen LogP contribution in [0.4, 0.5) is 0 Å². The van der Waals surface area contributed by atoms with Crippen LogP contribution in [0.15, 0.2) is 60.1 Å².